The van der Waals surface area contributed by atoms with Gasteiger partial charge in [0.15, 0.2) is 9.84 Å². The fourth-order valence-corrected chi connectivity index (χ4v) is 4.84. The molecule has 1 saturated heterocycles. The Hall–Kier alpha value is -0.660. The maximum Gasteiger partial charge on any atom is 0.237 e. The molecule has 6 nitrogen and oxygen atoms in total. The van der Waals surface area contributed by atoms with Gasteiger partial charge in [0.25, 0.3) is 0 Å². The van der Waals surface area contributed by atoms with Crippen molar-refractivity contribution in [2.24, 2.45) is 5.73 Å². The molecule has 21 heavy (non-hydrogen) atoms. The van der Waals surface area contributed by atoms with Crippen molar-refractivity contribution >= 4 is 15.7 Å². The molecule has 1 aliphatic rings. The lowest BCUT2D eigenvalue weighted by Gasteiger charge is -2.37. The minimum absolute atomic E-state index is 0.0289. The number of carbonyl (C=O) groups is 1. The zero-order chi connectivity index (χ0) is 16.4. The van der Waals surface area contributed by atoms with Crippen LogP contribution in [0.2, 0.25) is 0 Å². The highest BCUT2D eigenvalue weighted by Crippen LogP contribution is 2.23. The van der Waals surface area contributed by atoms with Crippen LogP contribution in [0.1, 0.15) is 40.5 Å². The van der Waals surface area contributed by atoms with Gasteiger partial charge in [-0.25, -0.2) is 8.42 Å². The second-order valence-electron chi connectivity index (χ2n) is 6.77. The third-order valence-corrected chi connectivity index (χ3v) is 6.08. The van der Waals surface area contributed by atoms with Crippen molar-refractivity contribution in [3.63, 3.8) is 0 Å². The molecule has 3 atom stereocenters. The second kappa shape index (κ2) is 6.62. The van der Waals surface area contributed by atoms with Crippen molar-refractivity contribution < 1.29 is 13.2 Å². The summed E-state index contributed by atoms with van der Waals surface area (Å²) in [5.41, 5.74) is 4.76. The first-order valence-corrected chi connectivity index (χ1v) is 9.29. The molecule has 3 N–H and O–H groups in total. The number of amides is 1. The number of sulfone groups is 1. The molecule has 3 unspecified atom stereocenters. The molecule has 1 aliphatic heterocycles. The van der Waals surface area contributed by atoms with Gasteiger partial charge in [-0.1, -0.05) is 0 Å². The highest BCUT2D eigenvalue weighted by molar-refractivity contribution is 7.91. The van der Waals surface area contributed by atoms with E-state index < -0.39 is 15.4 Å². The van der Waals surface area contributed by atoms with Crippen LogP contribution in [0.15, 0.2) is 0 Å². The van der Waals surface area contributed by atoms with Gasteiger partial charge in [0, 0.05) is 18.1 Å². The van der Waals surface area contributed by atoms with E-state index in [9.17, 15) is 13.2 Å². The zero-order valence-corrected chi connectivity index (χ0v) is 14.5. The third kappa shape index (κ3) is 4.93. The molecule has 0 aromatic carbocycles. The predicted molar refractivity (Wildman–Crippen MR) is 84.8 cm³/mol. The Kier molecular flexibility index (Phi) is 5.80. The average Bonchev–Trinajstić information content (AvgIpc) is 2.67. The molecule has 0 bridgehead atoms. The summed E-state index contributed by atoms with van der Waals surface area (Å²) in [5, 5.41) is 3.23. The van der Waals surface area contributed by atoms with Crippen LogP contribution in [0.5, 0.6) is 0 Å². The lowest BCUT2D eigenvalue weighted by Crippen LogP contribution is -2.58. The van der Waals surface area contributed by atoms with Gasteiger partial charge in [0.2, 0.25) is 5.91 Å². The van der Waals surface area contributed by atoms with Crippen molar-refractivity contribution in [3.05, 3.63) is 0 Å². The van der Waals surface area contributed by atoms with Crippen LogP contribution in [-0.2, 0) is 14.6 Å². The molecule has 1 amide bonds. The van der Waals surface area contributed by atoms with Crippen LogP contribution in [0.3, 0.4) is 0 Å². The van der Waals surface area contributed by atoms with Gasteiger partial charge in [-0.3, -0.25) is 9.69 Å². The highest BCUT2D eigenvalue weighted by atomic mass is 32.2. The van der Waals surface area contributed by atoms with Crippen LogP contribution in [-0.4, -0.2) is 61.4 Å². The number of nitrogens with one attached hydrogen (secondary N) is 1. The Labute approximate surface area is 128 Å². The first-order valence-electron chi connectivity index (χ1n) is 7.47. The average molecular weight is 319 g/mol. The van der Waals surface area contributed by atoms with E-state index >= 15 is 0 Å². The van der Waals surface area contributed by atoms with Crippen LogP contribution in [0.4, 0.5) is 0 Å². The van der Waals surface area contributed by atoms with E-state index in [1.54, 1.807) is 0 Å². The maximum atomic E-state index is 11.8. The van der Waals surface area contributed by atoms with Crippen molar-refractivity contribution in [1.29, 1.82) is 0 Å². The molecule has 0 aliphatic carbocycles. The maximum absolute atomic E-state index is 11.8. The van der Waals surface area contributed by atoms with E-state index in [-0.39, 0.29) is 35.5 Å². The summed E-state index contributed by atoms with van der Waals surface area (Å²) in [5.74, 6) is 0.0839. The monoisotopic (exact) mass is 319 g/mol. The number of hydrogen-bond acceptors (Lipinski definition) is 5. The van der Waals surface area contributed by atoms with E-state index in [0.717, 1.165) is 0 Å². The minimum Gasteiger partial charge on any atom is -0.368 e. The molecule has 0 saturated carbocycles. The standard InChI is InChI=1S/C14H29N3O3S/c1-10(2)16-14(4,13(15)18)8-11(3)17(5)12-6-7-21(19,20)9-12/h10-12,16H,6-9H2,1-5H3,(H2,15,18). The summed E-state index contributed by atoms with van der Waals surface area (Å²) in [7, 11) is -0.978. The zero-order valence-electron chi connectivity index (χ0n) is 13.7. The molecule has 7 heteroatoms. The van der Waals surface area contributed by atoms with E-state index in [0.29, 0.717) is 12.8 Å². The number of hydrogen-bond donors (Lipinski definition) is 2. The Bertz CT molecular complexity index is 478. The normalized spacial score (nSPS) is 26.0. The van der Waals surface area contributed by atoms with Crippen LogP contribution < -0.4 is 11.1 Å². The summed E-state index contributed by atoms with van der Waals surface area (Å²) < 4.78 is 23.2. The van der Waals surface area contributed by atoms with Crippen LogP contribution in [0.25, 0.3) is 0 Å². The quantitative estimate of drug-likeness (QED) is 0.695. The van der Waals surface area contributed by atoms with E-state index in [1.165, 1.54) is 0 Å². The van der Waals surface area contributed by atoms with Gasteiger partial charge in [-0.05, 0) is 47.6 Å². The fourth-order valence-electron chi connectivity index (χ4n) is 3.06. The summed E-state index contributed by atoms with van der Waals surface area (Å²) in [6.07, 6.45) is 1.21. The number of nitrogens with zero attached hydrogens (tertiary/aromatic N) is 1. The molecule has 124 valence electrons. The number of carbonyl (C=O) groups excluding carboxylic acids is 1. The molecule has 1 heterocycles. The minimum atomic E-state index is -2.90. The first kappa shape index (κ1) is 18.4. The predicted octanol–water partition coefficient (Wildman–Crippen LogP) is 0.126. The Morgan fingerprint density at radius 3 is 2.38 bits per heavy atom. The summed E-state index contributed by atoms with van der Waals surface area (Å²) >= 11 is 0. The fraction of sp³-hybridized carbons (Fsp3) is 0.929. The third-order valence-electron chi connectivity index (χ3n) is 4.33. The molecular weight excluding hydrogens is 290 g/mol. The smallest absolute Gasteiger partial charge is 0.237 e. The second-order valence-corrected chi connectivity index (χ2v) is 9.00. The van der Waals surface area contributed by atoms with Crippen LogP contribution >= 0.6 is 0 Å². The largest absolute Gasteiger partial charge is 0.368 e. The summed E-state index contributed by atoms with van der Waals surface area (Å²) in [4.78, 5) is 13.8. The van der Waals surface area contributed by atoms with Crippen molar-refractivity contribution in [2.45, 2.75) is 64.2 Å². The molecular formula is C14H29N3O3S. The highest BCUT2D eigenvalue weighted by Gasteiger charge is 2.37. The number of rotatable bonds is 7. The van der Waals surface area contributed by atoms with Gasteiger partial charge in [-0.2, -0.15) is 0 Å². The van der Waals surface area contributed by atoms with E-state index in [1.807, 2.05) is 34.7 Å². The van der Waals surface area contributed by atoms with E-state index in [4.69, 9.17) is 5.73 Å². The summed E-state index contributed by atoms with van der Waals surface area (Å²) in [6, 6.07) is 0.236. The van der Waals surface area contributed by atoms with Gasteiger partial charge in [-0.15, -0.1) is 0 Å². The molecule has 1 rings (SSSR count). The number of nitrogens with two attached hydrogens (primary N) is 1. The van der Waals surface area contributed by atoms with E-state index in [2.05, 4.69) is 10.2 Å². The van der Waals surface area contributed by atoms with Crippen molar-refractivity contribution in [1.82, 2.24) is 10.2 Å². The van der Waals surface area contributed by atoms with Gasteiger partial charge >= 0.3 is 0 Å². The molecule has 0 aromatic rings. The van der Waals surface area contributed by atoms with Crippen LogP contribution in [0, 0.1) is 0 Å². The Morgan fingerprint density at radius 1 is 1.43 bits per heavy atom. The molecule has 0 aromatic heterocycles. The Balaban J connectivity index is 2.73. The first-order chi connectivity index (χ1) is 9.47. The lowest BCUT2D eigenvalue weighted by atomic mass is 9.90. The molecule has 1 fully saturated rings. The number of primary amides is 1. The SMILES string of the molecule is CC(C)NC(C)(CC(C)N(C)C1CCS(=O)(=O)C1)C(N)=O. The van der Waals surface area contributed by atoms with Crippen molar-refractivity contribution in [3.8, 4) is 0 Å². The van der Waals surface area contributed by atoms with Crippen molar-refractivity contribution in [2.75, 3.05) is 18.6 Å². The van der Waals surface area contributed by atoms with Gasteiger partial charge in [0.05, 0.1) is 17.0 Å². The topological polar surface area (TPSA) is 92.5 Å². The summed E-state index contributed by atoms with van der Waals surface area (Å²) in [6.45, 7) is 7.76. The Morgan fingerprint density at radius 2 is 2.00 bits per heavy atom. The lowest BCUT2D eigenvalue weighted by molar-refractivity contribution is -0.125. The van der Waals surface area contributed by atoms with Gasteiger partial charge < -0.3 is 11.1 Å². The van der Waals surface area contributed by atoms with Gasteiger partial charge in [0.1, 0.15) is 0 Å². The molecule has 0 spiro atoms. The molecule has 0 radical (unpaired) electrons.